The summed E-state index contributed by atoms with van der Waals surface area (Å²) in [6.45, 7) is 3.75. The first-order chi connectivity index (χ1) is 7.48. The van der Waals surface area contributed by atoms with Crippen LogP contribution in [0.3, 0.4) is 0 Å². The van der Waals surface area contributed by atoms with E-state index in [0.717, 1.165) is 12.3 Å². The van der Waals surface area contributed by atoms with Crippen molar-refractivity contribution in [2.75, 3.05) is 5.75 Å². The van der Waals surface area contributed by atoms with E-state index in [2.05, 4.69) is 4.72 Å². The third-order valence-electron chi connectivity index (χ3n) is 4.03. The van der Waals surface area contributed by atoms with Crippen LogP contribution >= 0.6 is 0 Å². The van der Waals surface area contributed by atoms with Crippen LogP contribution in [0, 0.1) is 17.8 Å². The lowest BCUT2D eigenvalue weighted by molar-refractivity contribution is 0.0439. The van der Waals surface area contributed by atoms with E-state index in [1.807, 2.05) is 13.8 Å². The number of sulfonamides is 1. The fraction of sp³-hybridized carbons (Fsp3) is 1.00. The first-order valence-corrected chi connectivity index (χ1v) is 8.13. The maximum atomic E-state index is 11.8. The zero-order valence-corrected chi connectivity index (χ0v) is 11.1. The summed E-state index contributed by atoms with van der Waals surface area (Å²) in [5.41, 5.74) is 0. The van der Waals surface area contributed by atoms with Crippen molar-refractivity contribution in [2.45, 2.75) is 52.0 Å². The summed E-state index contributed by atoms with van der Waals surface area (Å²) in [6, 6.07) is 0.0206. The van der Waals surface area contributed by atoms with Gasteiger partial charge in [0.2, 0.25) is 10.0 Å². The van der Waals surface area contributed by atoms with Gasteiger partial charge in [-0.25, -0.2) is 13.1 Å². The van der Waals surface area contributed by atoms with E-state index in [0.29, 0.717) is 17.6 Å². The highest BCUT2D eigenvalue weighted by molar-refractivity contribution is 7.89. The molecule has 0 bridgehead atoms. The second kappa shape index (κ2) is 4.65. The zero-order chi connectivity index (χ0) is 11.8. The van der Waals surface area contributed by atoms with Crippen LogP contribution in [0.1, 0.15) is 46.0 Å². The number of rotatable bonds is 4. The summed E-state index contributed by atoms with van der Waals surface area (Å²) >= 11 is 0. The van der Waals surface area contributed by atoms with Crippen molar-refractivity contribution in [1.82, 2.24) is 4.72 Å². The standard InChI is InChI=1S/C12H23NO2S/c1-9(2)13-16(14,15)8-11-7-10-5-3-4-6-12(10)11/h9-13H,3-8H2,1-2H3. The Labute approximate surface area is 99.1 Å². The van der Waals surface area contributed by atoms with E-state index >= 15 is 0 Å². The van der Waals surface area contributed by atoms with Crippen LogP contribution in [0.2, 0.25) is 0 Å². The van der Waals surface area contributed by atoms with Gasteiger partial charge in [-0.05, 0) is 44.4 Å². The van der Waals surface area contributed by atoms with Crippen molar-refractivity contribution in [1.29, 1.82) is 0 Å². The highest BCUT2D eigenvalue weighted by Crippen LogP contribution is 2.49. The molecular weight excluding hydrogens is 222 g/mol. The molecule has 2 rings (SSSR count). The lowest BCUT2D eigenvalue weighted by atomic mass is 9.59. The minimum absolute atomic E-state index is 0.0206. The minimum Gasteiger partial charge on any atom is -0.213 e. The van der Waals surface area contributed by atoms with Crippen molar-refractivity contribution in [3.05, 3.63) is 0 Å². The Hall–Kier alpha value is -0.0900. The molecule has 0 saturated heterocycles. The number of fused-ring (bicyclic) bond motifs is 1. The van der Waals surface area contributed by atoms with Crippen molar-refractivity contribution >= 4 is 10.0 Å². The molecule has 16 heavy (non-hydrogen) atoms. The molecule has 3 unspecified atom stereocenters. The molecule has 0 aromatic rings. The first-order valence-electron chi connectivity index (χ1n) is 6.48. The summed E-state index contributed by atoms with van der Waals surface area (Å²) in [6.07, 6.45) is 6.38. The maximum absolute atomic E-state index is 11.8. The Kier molecular flexibility index (Phi) is 3.59. The van der Waals surface area contributed by atoms with Gasteiger partial charge in [-0.1, -0.05) is 19.3 Å². The molecule has 2 aliphatic carbocycles. The van der Waals surface area contributed by atoms with Crippen LogP contribution in [0.15, 0.2) is 0 Å². The van der Waals surface area contributed by atoms with Gasteiger partial charge in [-0.2, -0.15) is 0 Å². The Morgan fingerprint density at radius 1 is 1.25 bits per heavy atom. The average molecular weight is 245 g/mol. The van der Waals surface area contributed by atoms with E-state index in [4.69, 9.17) is 0 Å². The van der Waals surface area contributed by atoms with E-state index in [-0.39, 0.29) is 6.04 Å². The molecule has 2 aliphatic rings. The van der Waals surface area contributed by atoms with Gasteiger partial charge in [0.15, 0.2) is 0 Å². The minimum atomic E-state index is -3.04. The molecule has 1 N–H and O–H groups in total. The molecule has 3 nitrogen and oxygen atoms in total. The van der Waals surface area contributed by atoms with E-state index < -0.39 is 10.0 Å². The molecule has 0 aromatic carbocycles. The normalized spacial score (nSPS) is 34.6. The smallest absolute Gasteiger partial charge is 0.212 e. The number of hydrogen-bond donors (Lipinski definition) is 1. The van der Waals surface area contributed by atoms with Crippen LogP contribution in [0.4, 0.5) is 0 Å². The molecule has 0 aromatic heterocycles. The van der Waals surface area contributed by atoms with Gasteiger partial charge in [0.25, 0.3) is 0 Å². The van der Waals surface area contributed by atoms with Gasteiger partial charge in [0.1, 0.15) is 0 Å². The number of nitrogens with one attached hydrogen (secondary N) is 1. The fourth-order valence-corrected chi connectivity index (χ4v) is 5.16. The fourth-order valence-electron chi connectivity index (χ4n) is 3.40. The molecule has 0 amide bonds. The molecular formula is C12H23NO2S. The summed E-state index contributed by atoms with van der Waals surface area (Å²) in [5, 5.41) is 0. The monoisotopic (exact) mass is 245 g/mol. The van der Waals surface area contributed by atoms with E-state index in [9.17, 15) is 8.42 Å². The Balaban J connectivity index is 1.87. The summed E-state index contributed by atoms with van der Waals surface area (Å²) in [5.74, 6) is 2.33. The quantitative estimate of drug-likeness (QED) is 0.825. The van der Waals surface area contributed by atoms with Crippen molar-refractivity contribution in [2.24, 2.45) is 17.8 Å². The Bertz CT molecular complexity index is 337. The zero-order valence-electron chi connectivity index (χ0n) is 10.3. The molecule has 0 radical (unpaired) electrons. The predicted octanol–water partition coefficient (Wildman–Crippen LogP) is 2.14. The third kappa shape index (κ3) is 2.77. The number of hydrogen-bond acceptors (Lipinski definition) is 2. The van der Waals surface area contributed by atoms with Crippen LogP contribution in [-0.4, -0.2) is 20.2 Å². The molecule has 2 fully saturated rings. The molecule has 3 atom stereocenters. The highest BCUT2D eigenvalue weighted by atomic mass is 32.2. The van der Waals surface area contributed by atoms with Crippen molar-refractivity contribution < 1.29 is 8.42 Å². The SMILES string of the molecule is CC(C)NS(=O)(=O)CC1CC2CCCCC21. The summed E-state index contributed by atoms with van der Waals surface area (Å²) < 4.78 is 26.3. The van der Waals surface area contributed by atoms with E-state index in [1.165, 1.54) is 25.7 Å². The first kappa shape index (κ1) is 12.4. The lowest BCUT2D eigenvalue weighted by Gasteiger charge is -2.48. The van der Waals surface area contributed by atoms with Crippen molar-refractivity contribution in [3.8, 4) is 0 Å². The highest BCUT2D eigenvalue weighted by Gasteiger charge is 2.43. The van der Waals surface area contributed by atoms with Gasteiger partial charge < -0.3 is 0 Å². The van der Waals surface area contributed by atoms with Gasteiger partial charge >= 0.3 is 0 Å². The van der Waals surface area contributed by atoms with Crippen LogP contribution in [0.5, 0.6) is 0 Å². The molecule has 4 heteroatoms. The van der Waals surface area contributed by atoms with Crippen molar-refractivity contribution in [3.63, 3.8) is 0 Å². The Morgan fingerprint density at radius 3 is 2.56 bits per heavy atom. The third-order valence-corrected chi connectivity index (χ3v) is 5.73. The van der Waals surface area contributed by atoms with Crippen LogP contribution in [-0.2, 0) is 10.0 Å². The Morgan fingerprint density at radius 2 is 1.94 bits per heavy atom. The van der Waals surface area contributed by atoms with Gasteiger partial charge in [0.05, 0.1) is 5.75 Å². The lowest BCUT2D eigenvalue weighted by Crippen LogP contribution is -2.45. The van der Waals surface area contributed by atoms with Gasteiger partial charge in [-0.3, -0.25) is 0 Å². The molecule has 0 spiro atoms. The summed E-state index contributed by atoms with van der Waals surface area (Å²) in [7, 11) is -3.04. The van der Waals surface area contributed by atoms with Gasteiger partial charge in [-0.15, -0.1) is 0 Å². The average Bonchev–Trinajstić information content (AvgIpc) is 2.12. The largest absolute Gasteiger partial charge is 0.213 e. The second-order valence-corrected chi connectivity index (χ2v) is 7.56. The molecule has 0 heterocycles. The topological polar surface area (TPSA) is 46.2 Å². The molecule has 0 aliphatic heterocycles. The van der Waals surface area contributed by atoms with Crippen LogP contribution < -0.4 is 4.72 Å². The molecule has 94 valence electrons. The maximum Gasteiger partial charge on any atom is 0.212 e. The molecule has 2 saturated carbocycles. The van der Waals surface area contributed by atoms with Gasteiger partial charge in [0, 0.05) is 6.04 Å². The summed E-state index contributed by atoms with van der Waals surface area (Å²) in [4.78, 5) is 0. The second-order valence-electron chi connectivity index (χ2n) is 5.76. The van der Waals surface area contributed by atoms with E-state index in [1.54, 1.807) is 0 Å². The van der Waals surface area contributed by atoms with Crippen LogP contribution in [0.25, 0.3) is 0 Å². The predicted molar refractivity (Wildman–Crippen MR) is 65.6 cm³/mol.